The molecule has 3 aromatic carbocycles. The molecule has 4 nitrogen and oxygen atoms in total. The molecule has 0 bridgehead atoms. The lowest BCUT2D eigenvalue weighted by Gasteiger charge is -2.44. The zero-order valence-electron chi connectivity index (χ0n) is 23.6. The second-order valence-corrected chi connectivity index (χ2v) is 18.1. The molecule has 4 aromatic rings. The van der Waals surface area contributed by atoms with E-state index in [2.05, 4.69) is 52.9 Å². The number of carboxylic acids is 1. The van der Waals surface area contributed by atoms with Crippen LogP contribution in [0.5, 0.6) is 0 Å². The zero-order valence-corrected chi connectivity index (χ0v) is 26.9. The van der Waals surface area contributed by atoms with E-state index in [0.29, 0.717) is 21.4 Å². The van der Waals surface area contributed by atoms with E-state index in [-0.39, 0.29) is 22.1 Å². The van der Waals surface area contributed by atoms with Gasteiger partial charge < -0.3 is 14.4 Å². The van der Waals surface area contributed by atoms with Crippen molar-refractivity contribution in [3.8, 4) is 10.4 Å². The van der Waals surface area contributed by atoms with Crippen LogP contribution < -0.4 is 4.90 Å². The molecule has 0 aliphatic carbocycles. The van der Waals surface area contributed by atoms with E-state index in [0.717, 1.165) is 16.0 Å². The van der Waals surface area contributed by atoms with Crippen LogP contribution in [0.3, 0.4) is 0 Å². The van der Waals surface area contributed by atoms with E-state index in [4.69, 9.17) is 27.6 Å². The Kier molecular flexibility index (Phi) is 9.17. The number of aromatic carboxylic acids is 1. The summed E-state index contributed by atoms with van der Waals surface area (Å²) < 4.78 is 7.11. The first kappa shape index (κ1) is 30.3. The Balaban J connectivity index is 1.95. The van der Waals surface area contributed by atoms with Crippen LogP contribution in [0.25, 0.3) is 10.4 Å². The van der Waals surface area contributed by atoms with Gasteiger partial charge in [-0.25, -0.2) is 4.79 Å². The van der Waals surface area contributed by atoms with Crippen molar-refractivity contribution in [2.75, 3.05) is 4.90 Å². The minimum atomic E-state index is -2.26. The van der Waals surface area contributed by atoms with Crippen LogP contribution >= 0.6 is 34.5 Å². The molecule has 210 valence electrons. The molecule has 0 fully saturated rings. The molecule has 0 saturated heterocycles. The minimum absolute atomic E-state index is 0.0302. The zero-order chi connectivity index (χ0) is 29.2. The average Bonchev–Trinajstić information content (AvgIpc) is 3.34. The molecule has 8 heteroatoms. The molecule has 1 aromatic heterocycles. The molecule has 2 atom stereocenters. The van der Waals surface area contributed by atoms with Gasteiger partial charge >= 0.3 is 5.97 Å². The summed E-state index contributed by atoms with van der Waals surface area (Å²) in [5.41, 5.74) is 3.20. The number of halogens is 2. The highest BCUT2D eigenvalue weighted by Gasteiger charge is 2.42. The van der Waals surface area contributed by atoms with Crippen molar-refractivity contribution < 1.29 is 14.3 Å². The predicted octanol–water partition coefficient (Wildman–Crippen LogP) is 10.7. The summed E-state index contributed by atoms with van der Waals surface area (Å²) in [7, 11) is -2.26. The van der Waals surface area contributed by atoms with Crippen LogP contribution in [0.2, 0.25) is 28.2 Å². The Morgan fingerprint density at radius 2 is 1.52 bits per heavy atom. The third-order valence-electron chi connectivity index (χ3n) is 7.60. The van der Waals surface area contributed by atoms with E-state index in [9.17, 15) is 9.90 Å². The second kappa shape index (κ2) is 12.1. The van der Waals surface area contributed by atoms with Crippen LogP contribution in [-0.4, -0.2) is 25.4 Å². The molecule has 1 N–H and O–H groups in total. The molecule has 0 aliphatic heterocycles. The highest BCUT2D eigenvalue weighted by molar-refractivity contribution is 7.18. The number of carbonyl (C=O) groups is 1. The van der Waals surface area contributed by atoms with Crippen LogP contribution in [0.15, 0.2) is 84.9 Å². The minimum Gasteiger partial charge on any atom is -0.477 e. The van der Waals surface area contributed by atoms with Gasteiger partial charge in [-0.05, 0) is 60.4 Å². The molecule has 40 heavy (non-hydrogen) atoms. The number of thiophene rings is 1. The Labute approximate surface area is 252 Å². The van der Waals surface area contributed by atoms with Crippen LogP contribution in [0, 0.1) is 0 Å². The number of anilines is 2. The summed E-state index contributed by atoms with van der Waals surface area (Å²) in [6.07, 6.45) is -0.365. The van der Waals surface area contributed by atoms with Gasteiger partial charge in [-0.15, -0.1) is 11.3 Å². The summed E-state index contributed by atoms with van der Waals surface area (Å²) in [4.78, 5) is 15.8. The van der Waals surface area contributed by atoms with E-state index in [1.165, 1.54) is 11.3 Å². The molecule has 1 heterocycles. The van der Waals surface area contributed by atoms with Crippen LogP contribution in [-0.2, 0) is 4.43 Å². The first-order valence-electron chi connectivity index (χ1n) is 13.2. The molecule has 4 rings (SSSR count). The van der Waals surface area contributed by atoms with Gasteiger partial charge in [0.05, 0.1) is 28.5 Å². The summed E-state index contributed by atoms with van der Waals surface area (Å²) in [5.74, 6) is -0.994. The van der Waals surface area contributed by atoms with E-state index < -0.39 is 14.3 Å². The highest BCUT2D eigenvalue weighted by atomic mass is 35.5. The maximum atomic E-state index is 12.7. The standard InChI is InChI=1S/C32H35Cl2NO3SSi/c1-21(29(23-15-11-8-12-16-23)38-40(5,6)32(2,3)4)35(26-18-17-24(33)19-25(26)34)27-20-28(39-30(27)31(36)37)22-13-9-7-10-14-22/h7-21,29H,1-6H3,(H,36,37)/t21?,29-/m0/s1. The van der Waals surface area contributed by atoms with Crippen LogP contribution in [0.1, 0.15) is 49.0 Å². The van der Waals surface area contributed by atoms with E-state index in [1.54, 1.807) is 12.1 Å². The number of hydrogen-bond acceptors (Lipinski definition) is 4. The van der Waals surface area contributed by atoms with Gasteiger partial charge in [0.2, 0.25) is 0 Å². The Hall–Kier alpha value is -2.61. The summed E-state index contributed by atoms with van der Waals surface area (Å²) >= 11 is 14.4. The Morgan fingerprint density at radius 3 is 2.08 bits per heavy atom. The van der Waals surface area contributed by atoms with Crippen molar-refractivity contribution >= 4 is 60.2 Å². The third-order valence-corrected chi connectivity index (χ3v) is 13.7. The number of benzene rings is 3. The van der Waals surface area contributed by atoms with Gasteiger partial charge in [-0.3, -0.25) is 0 Å². The van der Waals surface area contributed by atoms with Crippen molar-refractivity contribution in [2.45, 2.75) is 58.0 Å². The summed E-state index contributed by atoms with van der Waals surface area (Å²) in [6, 6.07) is 26.9. The van der Waals surface area contributed by atoms with Crippen LogP contribution in [0.4, 0.5) is 11.4 Å². The quantitative estimate of drug-likeness (QED) is 0.191. The van der Waals surface area contributed by atoms with Crippen molar-refractivity contribution in [2.24, 2.45) is 0 Å². The number of carboxylic acid groups (broad SMARTS) is 1. The van der Waals surface area contributed by atoms with Gasteiger partial charge in [-0.1, -0.05) is 105 Å². The smallest absolute Gasteiger partial charge is 0.348 e. The van der Waals surface area contributed by atoms with Gasteiger partial charge in [0, 0.05) is 9.90 Å². The van der Waals surface area contributed by atoms with Gasteiger partial charge in [0.25, 0.3) is 0 Å². The molecule has 0 saturated carbocycles. The molecule has 0 amide bonds. The monoisotopic (exact) mass is 611 g/mol. The third kappa shape index (κ3) is 6.48. The normalized spacial score (nSPS) is 13.6. The SMILES string of the molecule is CC([C@H](O[Si](C)(C)C(C)(C)C)c1ccccc1)N(c1ccc(Cl)cc1Cl)c1cc(-c2ccccc2)sc1C(=O)O. The summed E-state index contributed by atoms with van der Waals surface area (Å²) in [5, 5.41) is 11.3. The predicted molar refractivity (Wildman–Crippen MR) is 172 cm³/mol. The number of hydrogen-bond donors (Lipinski definition) is 1. The van der Waals surface area contributed by atoms with E-state index in [1.807, 2.05) is 65.6 Å². The topological polar surface area (TPSA) is 49.8 Å². The highest BCUT2D eigenvalue weighted by Crippen LogP contribution is 2.47. The molecule has 0 radical (unpaired) electrons. The van der Waals surface area contributed by atoms with Gasteiger partial charge in [0.15, 0.2) is 8.32 Å². The van der Waals surface area contributed by atoms with E-state index >= 15 is 0 Å². The maximum Gasteiger partial charge on any atom is 0.348 e. The maximum absolute atomic E-state index is 12.7. The number of rotatable bonds is 9. The lowest BCUT2D eigenvalue weighted by atomic mass is 10.0. The lowest BCUT2D eigenvalue weighted by Crippen LogP contribution is -2.46. The fourth-order valence-electron chi connectivity index (χ4n) is 4.42. The molecular formula is C32H35Cl2NO3SSi. The lowest BCUT2D eigenvalue weighted by molar-refractivity contribution is 0.0702. The Morgan fingerprint density at radius 1 is 0.925 bits per heavy atom. The van der Waals surface area contributed by atoms with Crippen molar-refractivity contribution in [3.05, 3.63) is 105 Å². The largest absolute Gasteiger partial charge is 0.477 e. The second-order valence-electron chi connectivity index (χ2n) is 11.4. The molecule has 0 aliphatic rings. The molecular weight excluding hydrogens is 577 g/mol. The fraction of sp³-hybridized carbons (Fsp3) is 0.281. The first-order chi connectivity index (χ1) is 18.8. The number of nitrogens with zero attached hydrogens (tertiary/aromatic N) is 1. The Bertz CT molecular complexity index is 1470. The van der Waals surface area contributed by atoms with Gasteiger partial charge in [0.1, 0.15) is 4.88 Å². The van der Waals surface area contributed by atoms with Crippen molar-refractivity contribution in [1.82, 2.24) is 0 Å². The van der Waals surface area contributed by atoms with Crippen molar-refractivity contribution in [1.29, 1.82) is 0 Å². The molecule has 0 spiro atoms. The fourth-order valence-corrected chi connectivity index (χ4v) is 7.24. The first-order valence-corrected chi connectivity index (χ1v) is 17.7. The molecule has 1 unspecified atom stereocenters. The summed E-state index contributed by atoms with van der Waals surface area (Å²) in [6.45, 7) is 13.2. The van der Waals surface area contributed by atoms with Gasteiger partial charge in [-0.2, -0.15) is 0 Å². The average molecular weight is 613 g/mol. The van der Waals surface area contributed by atoms with Crippen molar-refractivity contribution in [3.63, 3.8) is 0 Å².